The number of hydrogen-bond acceptors (Lipinski definition) is 7. The number of nitrogens with zero attached hydrogens (tertiary/aromatic N) is 6. The second kappa shape index (κ2) is 11.0. The summed E-state index contributed by atoms with van der Waals surface area (Å²) in [4.78, 5) is 32.2. The molecular formula is C29H28ClN7OS. The first-order valence-corrected chi connectivity index (χ1v) is 14.1. The van der Waals surface area contributed by atoms with Gasteiger partial charge in [-0.2, -0.15) is 9.97 Å². The van der Waals surface area contributed by atoms with Crippen LogP contribution in [0.5, 0.6) is 0 Å². The Morgan fingerprint density at radius 3 is 2.64 bits per heavy atom. The van der Waals surface area contributed by atoms with Gasteiger partial charge in [-0.25, -0.2) is 4.98 Å². The lowest BCUT2D eigenvalue weighted by Gasteiger charge is -2.34. The minimum absolute atomic E-state index is 0.0827. The molecule has 39 heavy (non-hydrogen) atoms. The first kappa shape index (κ1) is 25.3. The van der Waals surface area contributed by atoms with Crippen LogP contribution in [0.15, 0.2) is 72.4 Å². The molecule has 10 heteroatoms. The summed E-state index contributed by atoms with van der Waals surface area (Å²) in [5.74, 6) is 1.37. The lowest BCUT2D eigenvalue weighted by Crippen LogP contribution is -2.49. The van der Waals surface area contributed by atoms with Gasteiger partial charge in [-0.3, -0.25) is 4.79 Å². The van der Waals surface area contributed by atoms with Crippen molar-refractivity contribution < 1.29 is 4.79 Å². The Morgan fingerprint density at radius 2 is 1.87 bits per heavy atom. The van der Waals surface area contributed by atoms with E-state index in [2.05, 4.69) is 46.0 Å². The van der Waals surface area contributed by atoms with Crippen LogP contribution in [0.25, 0.3) is 11.2 Å². The van der Waals surface area contributed by atoms with Gasteiger partial charge >= 0.3 is 0 Å². The van der Waals surface area contributed by atoms with Crippen molar-refractivity contribution in [3.63, 3.8) is 0 Å². The highest BCUT2D eigenvalue weighted by Crippen LogP contribution is 2.26. The van der Waals surface area contributed by atoms with Gasteiger partial charge in [-0.05, 0) is 35.6 Å². The molecule has 0 radical (unpaired) electrons. The van der Waals surface area contributed by atoms with Crippen LogP contribution in [0.4, 0.5) is 11.8 Å². The van der Waals surface area contributed by atoms with Gasteiger partial charge in [-0.1, -0.05) is 65.7 Å². The van der Waals surface area contributed by atoms with Gasteiger partial charge in [0.1, 0.15) is 0 Å². The highest BCUT2D eigenvalue weighted by Gasteiger charge is 2.25. The second-order valence-corrected chi connectivity index (χ2v) is 11.0. The molecule has 0 atom stereocenters. The highest BCUT2D eigenvalue weighted by molar-refractivity contribution is 7.12. The lowest BCUT2D eigenvalue weighted by molar-refractivity contribution is 0.0751. The van der Waals surface area contributed by atoms with E-state index in [0.29, 0.717) is 61.6 Å². The summed E-state index contributed by atoms with van der Waals surface area (Å²) in [6.07, 6.45) is 1.82. The third kappa shape index (κ3) is 5.46. The Hall–Kier alpha value is -3.95. The van der Waals surface area contributed by atoms with Crippen LogP contribution in [0.2, 0.25) is 5.02 Å². The topological polar surface area (TPSA) is 79.2 Å². The zero-order chi connectivity index (χ0) is 26.8. The number of fused-ring (bicyclic) bond motifs is 1. The van der Waals surface area contributed by atoms with Crippen LogP contribution in [0.3, 0.4) is 0 Å². The molecule has 198 valence electrons. The number of aromatic nitrogens is 4. The molecule has 1 aliphatic rings. The van der Waals surface area contributed by atoms with Gasteiger partial charge in [0, 0.05) is 37.7 Å². The normalized spacial score (nSPS) is 13.7. The molecule has 1 fully saturated rings. The van der Waals surface area contributed by atoms with Gasteiger partial charge in [0.2, 0.25) is 5.95 Å². The first-order chi connectivity index (χ1) is 19.0. The van der Waals surface area contributed by atoms with Crippen LogP contribution >= 0.6 is 22.9 Å². The third-order valence-corrected chi connectivity index (χ3v) is 8.10. The number of halogens is 1. The molecule has 0 aliphatic carbocycles. The maximum absolute atomic E-state index is 12.8. The van der Waals surface area contributed by atoms with Crippen LogP contribution in [0, 0.1) is 6.92 Å². The molecule has 1 aliphatic heterocycles. The second-order valence-electron chi connectivity index (χ2n) is 9.61. The maximum atomic E-state index is 12.8. The van der Waals surface area contributed by atoms with E-state index in [1.807, 2.05) is 53.0 Å². The summed E-state index contributed by atoms with van der Waals surface area (Å²) in [7, 11) is 0. The Kier molecular flexibility index (Phi) is 7.17. The number of nitrogens with one attached hydrogen (secondary N) is 1. The molecule has 6 rings (SSSR count). The van der Waals surface area contributed by atoms with Crippen LogP contribution in [-0.2, 0) is 13.1 Å². The molecule has 5 aromatic rings. The van der Waals surface area contributed by atoms with E-state index in [4.69, 9.17) is 26.6 Å². The van der Waals surface area contributed by atoms with Gasteiger partial charge in [0.15, 0.2) is 17.0 Å². The number of amides is 1. The van der Waals surface area contributed by atoms with Gasteiger partial charge in [0.05, 0.1) is 17.7 Å². The number of anilines is 2. The third-order valence-electron chi connectivity index (χ3n) is 6.87. The standard InChI is InChI=1S/C29H28ClN7OS/c1-20-6-4-7-21(16-20)18-37-19-32-25-26(31-17-22-8-2-3-9-23(22)30)33-29(34-27(25)37)36-13-11-35(12-14-36)28(38)24-10-5-15-39-24/h2-10,15-16,19H,11-14,17-18H2,1H3,(H,31,33,34). The first-order valence-electron chi connectivity index (χ1n) is 12.9. The van der Waals surface area contributed by atoms with E-state index >= 15 is 0 Å². The molecule has 1 saturated heterocycles. The fraction of sp³-hybridized carbons (Fsp3) is 0.241. The van der Waals surface area contributed by atoms with Crippen molar-refractivity contribution in [2.45, 2.75) is 20.0 Å². The minimum Gasteiger partial charge on any atom is -0.364 e. The molecular weight excluding hydrogens is 530 g/mol. The van der Waals surface area contributed by atoms with E-state index in [0.717, 1.165) is 16.1 Å². The van der Waals surface area contributed by atoms with E-state index < -0.39 is 0 Å². The van der Waals surface area contributed by atoms with Crippen molar-refractivity contribution >= 4 is 51.8 Å². The van der Waals surface area contributed by atoms with Crippen molar-refractivity contribution in [2.75, 3.05) is 36.4 Å². The summed E-state index contributed by atoms with van der Waals surface area (Å²) in [5, 5.41) is 6.09. The van der Waals surface area contributed by atoms with Crippen molar-refractivity contribution in [3.8, 4) is 0 Å². The van der Waals surface area contributed by atoms with Crippen molar-refractivity contribution in [3.05, 3.63) is 99.0 Å². The highest BCUT2D eigenvalue weighted by atomic mass is 35.5. The fourth-order valence-electron chi connectivity index (χ4n) is 4.81. The van der Waals surface area contributed by atoms with E-state index in [1.165, 1.54) is 22.5 Å². The van der Waals surface area contributed by atoms with Crippen molar-refractivity contribution in [1.82, 2.24) is 24.4 Å². The molecule has 1 N–H and O–H groups in total. The predicted molar refractivity (Wildman–Crippen MR) is 157 cm³/mol. The molecule has 3 aromatic heterocycles. The molecule has 4 heterocycles. The molecule has 0 saturated carbocycles. The molecule has 1 amide bonds. The number of aryl methyl sites for hydroxylation is 1. The number of imidazole rings is 1. The molecule has 0 unspecified atom stereocenters. The minimum atomic E-state index is 0.0827. The summed E-state index contributed by atoms with van der Waals surface area (Å²) in [6.45, 7) is 5.79. The SMILES string of the molecule is Cc1cccc(Cn2cnc3c(NCc4ccccc4Cl)nc(N4CCN(C(=O)c5cccs5)CC4)nc32)c1. The van der Waals surface area contributed by atoms with Gasteiger partial charge in [-0.15, -0.1) is 11.3 Å². The number of hydrogen-bond donors (Lipinski definition) is 1. The number of carbonyl (C=O) groups is 1. The average Bonchev–Trinajstić information content (AvgIpc) is 3.63. The van der Waals surface area contributed by atoms with Gasteiger partial charge < -0.3 is 19.7 Å². The zero-order valence-corrected chi connectivity index (χ0v) is 23.1. The largest absolute Gasteiger partial charge is 0.364 e. The lowest BCUT2D eigenvalue weighted by atomic mass is 10.1. The van der Waals surface area contributed by atoms with Crippen LogP contribution in [0.1, 0.15) is 26.4 Å². The number of benzene rings is 2. The van der Waals surface area contributed by atoms with Crippen molar-refractivity contribution in [2.24, 2.45) is 0 Å². The van der Waals surface area contributed by atoms with E-state index in [1.54, 1.807) is 0 Å². The number of carbonyl (C=O) groups excluding carboxylic acids is 1. The van der Waals surface area contributed by atoms with E-state index in [-0.39, 0.29) is 5.91 Å². The molecule has 2 aromatic carbocycles. The molecule has 8 nitrogen and oxygen atoms in total. The summed E-state index contributed by atoms with van der Waals surface area (Å²) in [6, 6.07) is 20.0. The average molecular weight is 558 g/mol. The summed E-state index contributed by atoms with van der Waals surface area (Å²) in [5.41, 5.74) is 4.85. The van der Waals surface area contributed by atoms with Crippen LogP contribution in [-0.4, -0.2) is 56.5 Å². The summed E-state index contributed by atoms with van der Waals surface area (Å²) < 4.78 is 2.06. The summed E-state index contributed by atoms with van der Waals surface area (Å²) >= 11 is 7.89. The fourth-order valence-corrected chi connectivity index (χ4v) is 5.70. The van der Waals surface area contributed by atoms with Gasteiger partial charge in [0.25, 0.3) is 5.91 Å². The number of rotatable bonds is 7. The maximum Gasteiger partial charge on any atom is 0.264 e. The number of thiophene rings is 1. The van der Waals surface area contributed by atoms with Crippen molar-refractivity contribution in [1.29, 1.82) is 0 Å². The Morgan fingerprint density at radius 1 is 1.03 bits per heavy atom. The van der Waals surface area contributed by atoms with E-state index in [9.17, 15) is 4.79 Å². The Bertz CT molecular complexity index is 1610. The quantitative estimate of drug-likeness (QED) is 0.286. The smallest absolute Gasteiger partial charge is 0.264 e. The molecule has 0 bridgehead atoms. The number of piperazine rings is 1. The Labute approximate surface area is 235 Å². The monoisotopic (exact) mass is 557 g/mol. The zero-order valence-electron chi connectivity index (χ0n) is 21.5. The predicted octanol–water partition coefficient (Wildman–Crippen LogP) is 5.47. The Balaban J connectivity index is 1.29. The molecule has 0 spiro atoms. The van der Waals surface area contributed by atoms with Crippen LogP contribution < -0.4 is 10.2 Å².